The quantitative estimate of drug-likeness (QED) is 0.831. The van der Waals surface area contributed by atoms with E-state index < -0.39 is 5.97 Å². The van der Waals surface area contributed by atoms with Crippen LogP contribution in [0.15, 0.2) is 24.3 Å². The van der Waals surface area contributed by atoms with E-state index in [2.05, 4.69) is 13.8 Å². The standard InChI is InChI=1S/C13H18O3/c1-13(2,9-16-3)11-6-4-10(5-7-11)8-12(14)15/h4-7H,8-9H2,1-3H3,(H,14,15). The molecule has 0 aliphatic carbocycles. The van der Waals surface area contributed by atoms with Crippen LogP contribution in [0.5, 0.6) is 0 Å². The first-order chi connectivity index (χ1) is 7.45. The maximum atomic E-state index is 10.5. The fraction of sp³-hybridized carbons (Fsp3) is 0.462. The normalized spacial score (nSPS) is 11.4. The highest BCUT2D eigenvalue weighted by Gasteiger charge is 2.20. The van der Waals surface area contributed by atoms with Crippen LogP contribution in [0.2, 0.25) is 0 Å². The number of hydrogen-bond donors (Lipinski definition) is 1. The Labute approximate surface area is 96.1 Å². The van der Waals surface area contributed by atoms with Crippen LogP contribution in [-0.2, 0) is 21.4 Å². The summed E-state index contributed by atoms with van der Waals surface area (Å²) in [4.78, 5) is 10.5. The molecule has 0 aliphatic heterocycles. The van der Waals surface area contributed by atoms with Gasteiger partial charge in [0.05, 0.1) is 13.0 Å². The van der Waals surface area contributed by atoms with Crippen molar-refractivity contribution in [2.75, 3.05) is 13.7 Å². The van der Waals surface area contributed by atoms with Crippen LogP contribution >= 0.6 is 0 Å². The molecule has 88 valence electrons. The third-order valence-corrected chi connectivity index (χ3v) is 2.60. The molecule has 0 spiro atoms. The van der Waals surface area contributed by atoms with Crippen LogP contribution in [0.1, 0.15) is 25.0 Å². The summed E-state index contributed by atoms with van der Waals surface area (Å²) in [6.07, 6.45) is 0.0744. The first-order valence-corrected chi connectivity index (χ1v) is 5.26. The Bertz CT molecular complexity index is 352. The smallest absolute Gasteiger partial charge is 0.307 e. The number of benzene rings is 1. The molecular weight excluding hydrogens is 204 g/mol. The average molecular weight is 222 g/mol. The maximum absolute atomic E-state index is 10.5. The Morgan fingerprint density at radius 3 is 2.31 bits per heavy atom. The molecule has 3 heteroatoms. The van der Waals surface area contributed by atoms with E-state index in [9.17, 15) is 4.79 Å². The topological polar surface area (TPSA) is 46.5 Å². The molecule has 0 unspecified atom stereocenters. The van der Waals surface area contributed by atoms with Crippen molar-refractivity contribution in [1.29, 1.82) is 0 Å². The second-order valence-corrected chi connectivity index (χ2v) is 4.58. The highest BCUT2D eigenvalue weighted by molar-refractivity contribution is 5.70. The minimum absolute atomic E-state index is 0.0451. The molecule has 0 fully saturated rings. The molecule has 1 N–H and O–H groups in total. The molecular formula is C13H18O3. The summed E-state index contributed by atoms with van der Waals surface area (Å²) in [5, 5.41) is 8.66. The van der Waals surface area contributed by atoms with Crippen LogP contribution < -0.4 is 0 Å². The second-order valence-electron chi connectivity index (χ2n) is 4.58. The van der Waals surface area contributed by atoms with Gasteiger partial charge in [0.2, 0.25) is 0 Å². The molecule has 0 saturated heterocycles. The Morgan fingerprint density at radius 1 is 1.31 bits per heavy atom. The van der Waals surface area contributed by atoms with Crippen molar-refractivity contribution in [3.63, 3.8) is 0 Å². The molecule has 1 aromatic carbocycles. The zero-order chi connectivity index (χ0) is 12.2. The van der Waals surface area contributed by atoms with Gasteiger partial charge in [-0.1, -0.05) is 38.1 Å². The number of carboxylic acids is 1. The molecule has 0 atom stereocenters. The predicted molar refractivity (Wildman–Crippen MR) is 62.7 cm³/mol. The third-order valence-electron chi connectivity index (χ3n) is 2.60. The lowest BCUT2D eigenvalue weighted by molar-refractivity contribution is -0.136. The van der Waals surface area contributed by atoms with Crippen molar-refractivity contribution >= 4 is 5.97 Å². The van der Waals surface area contributed by atoms with E-state index in [-0.39, 0.29) is 11.8 Å². The van der Waals surface area contributed by atoms with Gasteiger partial charge in [-0.3, -0.25) is 4.79 Å². The first kappa shape index (κ1) is 12.7. The lowest BCUT2D eigenvalue weighted by Gasteiger charge is -2.24. The number of ether oxygens (including phenoxy) is 1. The third kappa shape index (κ3) is 3.35. The molecule has 16 heavy (non-hydrogen) atoms. The molecule has 0 saturated carbocycles. The van der Waals surface area contributed by atoms with Crippen molar-refractivity contribution in [1.82, 2.24) is 0 Å². The van der Waals surface area contributed by atoms with E-state index in [1.165, 1.54) is 0 Å². The summed E-state index contributed by atoms with van der Waals surface area (Å²) in [5.41, 5.74) is 1.93. The summed E-state index contributed by atoms with van der Waals surface area (Å²) in [6, 6.07) is 7.66. The fourth-order valence-corrected chi connectivity index (χ4v) is 1.69. The molecule has 0 radical (unpaired) electrons. The van der Waals surface area contributed by atoms with Crippen molar-refractivity contribution in [3.05, 3.63) is 35.4 Å². The van der Waals surface area contributed by atoms with Gasteiger partial charge in [-0.2, -0.15) is 0 Å². The van der Waals surface area contributed by atoms with E-state index in [1.807, 2.05) is 24.3 Å². The second kappa shape index (κ2) is 5.12. The van der Waals surface area contributed by atoms with E-state index >= 15 is 0 Å². The van der Waals surface area contributed by atoms with Gasteiger partial charge in [0.25, 0.3) is 0 Å². The zero-order valence-corrected chi connectivity index (χ0v) is 9.99. The van der Waals surface area contributed by atoms with Crippen molar-refractivity contribution < 1.29 is 14.6 Å². The minimum atomic E-state index is -0.802. The zero-order valence-electron chi connectivity index (χ0n) is 9.99. The lowest BCUT2D eigenvalue weighted by Crippen LogP contribution is -2.23. The molecule has 1 aromatic rings. The highest BCUT2D eigenvalue weighted by atomic mass is 16.5. The van der Waals surface area contributed by atoms with Gasteiger partial charge in [0, 0.05) is 12.5 Å². The highest BCUT2D eigenvalue weighted by Crippen LogP contribution is 2.23. The van der Waals surface area contributed by atoms with Gasteiger partial charge in [-0.05, 0) is 11.1 Å². The number of carbonyl (C=O) groups is 1. The van der Waals surface area contributed by atoms with Crippen molar-refractivity contribution in [3.8, 4) is 0 Å². The van der Waals surface area contributed by atoms with Gasteiger partial charge < -0.3 is 9.84 Å². The SMILES string of the molecule is COCC(C)(C)c1ccc(CC(=O)O)cc1. The minimum Gasteiger partial charge on any atom is -0.481 e. The summed E-state index contributed by atoms with van der Waals surface area (Å²) < 4.78 is 5.16. The molecule has 1 rings (SSSR count). The summed E-state index contributed by atoms with van der Waals surface area (Å²) in [5.74, 6) is -0.802. The van der Waals surface area contributed by atoms with E-state index in [4.69, 9.17) is 9.84 Å². The Balaban J connectivity index is 2.81. The van der Waals surface area contributed by atoms with Gasteiger partial charge in [0.15, 0.2) is 0 Å². The summed E-state index contributed by atoms with van der Waals surface area (Å²) in [6.45, 7) is 4.84. The summed E-state index contributed by atoms with van der Waals surface area (Å²) >= 11 is 0. The number of rotatable bonds is 5. The first-order valence-electron chi connectivity index (χ1n) is 5.26. The molecule has 0 heterocycles. The number of carboxylic acid groups (broad SMARTS) is 1. The number of methoxy groups -OCH3 is 1. The maximum Gasteiger partial charge on any atom is 0.307 e. The fourth-order valence-electron chi connectivity index (χ4n) is 1.69. The largest absolute Gasteiger partial charge is 0.481 e. The molecule has 3 nitrogen and oxygen atoms in total. The monoisotopic (exact) mass is 222 g/mol. The van der Waals surface area contributed by atoms with Gasteiger partial charge in [-0.25, -0.2) is 0 Å². The van der Waals surface area contributed by atoms with Crippen LogP contribution in [0.3, 0.4) is 0 Å². The summed E-state index contributed by atoms with van der Waals surface area (Å²) in [7, 11) is 1.68. The Morgan fingerprint density at radius 2 is 1.88 bits per heavy atom. The molecule has 0 bridgehead atoms. The van der Waals surface area contributed by atoms with Crippen molar-refractivity contribution in [2.24, 2.45) is 0 Å². The molecule has 0 aromatic heterocycles. The van der Waals surface area contributed by atoms with Crippen LogP contribution in [0, 0.1) is 0 Å². The van der Waals surface area contributed by atoms with Crippen LogP contribution in [-0.4, -0.2) is 24.8 Å². The van der Waals surface area contributed by atoms with E-state index in [0.29, 0.717) is 6.61 Å². The average Bonchev–Trinajstić information content (AvgIpc) is 2.17. The molecule has 0 amide bonds. The van der Waals surface area contributed by atoms with Gasteiger partial charge in [0.1, 0.15) is 0 Å². The van der Waals surface area contributed by atoms with Crippen LogP contribution in [0.4, 0.5) is 0 Å². The van der Waals surface area contributed by atoms with Crippen molar-refractivity contribution in [2.45, 2.75) is 25.7 Å². The van der Waals surface area contributed by atoms with Crippen LogP contribution in [0.25, 0.3) is 0 Å². The number of aliphatic carboxylic acids is 1. The Hall–Kier alpha value is -1.35. The van der Waals surface area contributed by atoms with E-state index in [0.717, 1.165) is 11.1 Å². The Kier molecular flexibility index (Phi) is 4.07. The lowest BCUT2D eigenvalue weighted by atomic mass is 9.85. The van der Waals surface area contributed by atoms with Gasteiger partial charge in [-0.15, -0.1) is 0 Å². The molecule has 0 aliphatic rings. The predicted octanol–water partition coefficient (Wildman–Crippen LogP) is 2.24. The van der Waals surface area contributed by atoms with Gasteiger partial charge >= 0.3 is 5.97 Å². The van der Waals surface area contributed by atoms with E-state index in [1.54, 1.807) is 7.11 Å². The number of hydrogen-bond acceptors (Lipinski definition) is 2.